The fraction of sp³-hybridized carbons (Fsp3) is 0.375. The number of anilines is 1. The normalized spacial score (nSPS) is 10.4. The Bertz CT molecular complexity index is 837. The van der Waals surface area contributed by atoms with E-state index in [2.05, 4.69) is 14.7 Å². The minimum absolute atomic E-state index is 0.222. The number of rotatable bonds is 6. The molecule has 2 N–H and O–H groups in total. The van der Waals surface area contributed by atoms with Crippen LogP contribution < -0.4 is 5.32 Å². The van der Waals surface area contributed by atoms with Crippen molar-refractivity contribution in [3.63, 3.8) is 0 Å². The summed E-state index contributed by atoms with van der Waals surface area (Å²) < 4.78 is 13.9. The number of aryl methyl sites for hydroxylation is 2. The SMILES string of the molecule is CNc1snc(C)c1C(=O)OCC(=O)c1[nH]c(C)c(C(=O)OC)c1C. The van der Waals surface area contributed by atoms with Gasteiger partial charge in [0.05, 0.1) is 24.1 Å². The number of methoxy groups -OCH3 is 1. The third kappa shape index (κ3) is 3.55. The topological polar surface area (TPSA) is 110 Å². The van der Waals surface area contributed by atoms with Crippen LogP contribution in [0, 0.1) is 20.8 Å². The highest BCUT2D eigenvalue weighted by Gasteiger charge is 2.24. The third-order valence-electron chi connectivity index (χ3n) is 3.73. The Hall–Kier alpha value is -2.68. The number of nitrogens with zero attached hydrogens (tertiary/aromatic N) is 1. The lowest BCUT2D eigenvalue weighted by Gasteiger charge is -2.05. The Labute approximate surface area is 148 Å². The van der Waals surface area contributed by atoms with Gasteiger partial charge in [0.15, 0.2) is 6.61 Å². The molecule has 0 fully saturated rings. The van der Waals surface area contributed by atoms with Crippen LogP contribution >= 0.6 is 11.5 Å². The molecule has 0 bridgehead atoms. The molecule has 0 radical (unpaired) electrons. The number of nitrogens with one attached hydrogen (secondary N) is 2. The van der Waals surface area contributed by atoms with E-state index in [1.165, 1.54) is 7.11 Å². The van der Waals surface area contributed by atoms with Gasteiger partial charge in [0.25, 0.3) is 0 Å². The number of carbonyl (C=O) groups excluding carboxylic acids is 3. The number of ketones is 1. The van der Waals surface area contributed by atoms with Crippen LogP contribution in [0.5, 0.6) is 0 Å². The fourth-order valence-corrected chi connectivity index (χ4v) is 3.23. The Morgan fingerprint density at radius 1 is 1.16 bits per heavy atom. The van der Waals surface area contributed by atoms with Crippen molar-refractivity contribution >= 4 is 34.3 Å². The van der Waals surface area contributed by atoms with Gasteiger partial charge in [-0.1, -0.05) is 0 Å². The molecule has 9 heteroatoms. The van der Waals surface area contributed by atoms with Crippen LogP contribution in [0.15, 0.2) is 0 Å². The number of hydrogen-bond acceptors (Lipinski definition) is 8. The summed E-state index contributed by atoms with van der Waals surface area (Å²) in [4.78, 5) is 39.2. The number of Topliss-reactive ketones (excluding diaryl/α,β-unsaturated/α-hetero) is 1. The lowest BCUT2D eigenvalue weighted by atomic mass is 10.1. The van der Waals surface area contributed by atoms with Gasteiger partial charge in [-0.05, 0) is 37.9 Å². The first-order valence-electron chi connectivity index (χ1n) is 7.43. The van der Waals surface area contributed by atoms with Gasteiger partial charge in [0, 0.05) is 12.7 Å². The Morgan fingerprint density at radius 2 is 1.84 bits per heavy atom. The molecule has 0 aliphatic heterocycles. The monoisotopic (exact) mass is 365 g/mol. The van der Waals surface area contributed by atoms with Crippen molar-refractivity contribution in [3.8, 4) is 0 Å². The van der Waals surface area contributed by atoms with Crippen LogP contribution in [0.1, 0.15) is 48.2 Å². The second kappa shape index (κ2) is 7.47. The van der Waals surface area contributed by atoms with Gasteiger partial charge in [-0.3, -0.25) is 4.79 Å². The molecule has 0 saturated carbocycles. The molecule has 0 unspecified atom stereocenters. The van der Waals surface area contributed by atoms with Gasteiger partial charge >= 0.3 is 11.9 Å². The molecule has 0 spiro atoms. The largest absolute Gasteiger partial charge is 0.465 e. The number of ether oxygens (including phenoxy) is 2. The van der Waals surface area contributed by atoms with Gasteiger partial charge in [-0.2, -0.15) is 4.37 Å². The van der Waals surface area contributed by atoms with Crippen molar-refractivity contribution in [3.05, 3.63) is 33.8 Å². The summed E-state index contributed by atoms with van der Waals surface area (Å²) in [7, 11) is 2.95. The van der Waals surface area contributed by atoms with Gasteiger partial charge in [-0.15, -0.1) is 0 Å². The molecule has 0 atom stereocenters. The molecular formula is C16H19N3O5S. The maximum absolute atomic E-state index is 12.4. The summed E-state index contributed by atoms with van der Waals surface area (Å²) in [6.45, 7) is 4.55. The van der Waals surface area contributed by atoms with E-state index in [1.807, 2.05) is 0 Å². The van der Waals surface area contributed by atoms with E-state index in [-0.39, 0.29) is 5.69 Å². The first-order valence-corrected chi connectivity index (χ1v) is 8.20. The van der Waals surface area contributed by atoms with Crippen molar-refractivity contribution in [1.82, 2.24) is 9.36 Å². The summed E-state index contributed by atoms with van der Waals surface area (Å²) in [6.07, 6.45) is 0. The molecule has 8 nitrogen and oxygen atoms in total. The highest BCUT2D eigenvalue weighted by atomic mass is 32.1. The zero-order chi connectivity index (χ0) is 18.7. The summed E-state index contributed by atoms with van der Waals surface area (Å²) >= 11 is 1.14. The number of aromatic amines is 1. The minimum atomic E-state index is -0.627. The molecule has 2 aromatic rings. The zero-order valence-electron chi connectivity index (χ0n) is 14.6. The average Bonchev–Trinajstić information content (AvgIpc) is 3.11. The van der Waals surface area contributed by atoms with Crippen molar-refractivity contribution < 1.29 is 23.9 Å². The van der Waals surface area contributed by atoms with Crippen LogP contribution in [0.4, 0.5) is 5.00 Å². The predicted octanol–water partition coefficient (Wildman–Crippen LogP) is 2.26. The Morgan fingerprint density at radius 3 is 2.44 bits per heavy atom. The van der Waals surface area contributed by atoms with Crippen LogP contribution in [-0.4, -0.2) is 47.8 Å². The number of hydrogen-bond donors (Lipinski definition) is 2. The third-order valence-corrected chi connectivity index (χ3v) is 4.69. The van der Waals surface area contributed by atoms with E-state index in [4.69, 9.17) is 9.47 Å². The Balaban J connectivity index is 2.14. The van der Waals surface area contributed by atoms with Gasteiger partial charge in [0.2, 0.25) is 5.78 Å². The van der Waals surface area contributed by atoms with Crippen molar-refractivity contribution in [2.75, 3.05) is 26.1 Å². The van der Waals surface area contributed by atoms with Crippen LogP contribution in [0.25, 0.3) is 0 Å². The first-order chi connectivity index (χ1) is 11.8. The fourth-order valence-electron chi connectivity index (χ4n) is 2.49. The van der Waals surface area contributed by atoms with Crippen LogP contribution in [0.3, 0.4) is 0 Å². The highest BCUT2D eigenvalue weighted by Crippen LogP contribution is 2.25. The number of aromatic nitrogens is 2. The van der Waals surface area contributed by atoms with E-state index < -0.39 is 24.3 Å². The quantitative estimate of drug-likeness (QED) is 0.597. The number of H-pyrrole nitrogens is 1. The van der Waals surface area contributed by atoms with Crippen LogP contribution in [-0.2, 0) is 9.47 Å². The van der Waals surface area contributed by atoms with E-state index in [0.29, 0.717) is 33.1 Å². The Kier molecular flexibility index (Phi) is 5.58. The molecule has 0 aromatic carbocycles. The molecule has 2 aromatic heterocycles. The van der Waals surface area contributed by atoms with E-state index >= 15 is 0 Å². The van der Waals surface area contributed by atoms with Crippen molar-refractivity contribution in [2.24, 2.45) is 0 Å². The van der Waals surface area contributed by atoms with Crippen LogP contribution in [0.2, 0.25) is 0 Å². The number of carbonyl (C=O) groups is 3. The molecule has 134 valence electrons. The molecule has 0 aliphatic rings. The highest BCUT2D eigenvalue weighted by molar-refractivity contribution is 7.10. The molecule has 2 rings (SSSR count). The van der Waals surface area contributed by atoms with E-state index in [1.54, 1.807) is 27.8 Å². The lowest BCUT2D eigenvalue weighted by Crippen LogP contribution is -2.16. The summed E-state index contributed by atoms with van der Waals surface area (Å²) in [5.41, 5.74) is 2.37. The van der Waals surface area contributed by atoms with Crippen molar-refractivity contribution in [2.45, 2.75) is 20.8 Å². The zero-order valence-corrected chi connectivity index (χ0v) is 15.4. The lowest BCUT2D eigenvalue weighted by molar-refractivity contribution is 0.0473. The standard InChI is InChI=1S/C16H19N3O5S/c1-7-11(15(21)23-5)8(2)18-13(7)10(20)6-24-16(22)12-9(3)19-25-14(12)17-4/h17-18H,6H2,1-5H3. The maximum atomic E-state index is 12.4. The number of esters is 2. The molecule has 2 heterocycles. The van der Waals surface area contributed by atoms with E-state index in [9.17, 15) is 14.4 Å². The average molecular weight is 365 g/mol. The molecule has 0 aliphatic carbocycles. The molecule has 25 heavy (non-hydrogen) atoms. The molecule has 0 saturated heterocycles. The summed E-state index contributed by atoms with van der Waals surface area (Å²) in [6, 6.07) is 0. The second-order valence-electron chi connectivity index (χ2n) is 5.34. The van der Waals surface area contributed by atoms with Gasteiger partial charge in [0.1, 0.15) is 10.6 Å². The minimum Gasteiger partial charge on any atom is -0.465 e. The molecular weight excluding hydrogens is 346 g/mol. The first kappa shape index (κ1) is 18.7. The second-order valence-corrected chi connectivity index (χ2v) is 6.11. The van der Waals surface area contributed by atoms with Gasteiger partial charge < -0.3 is 19.8 Å². The maximum Gasteiger partial charge on any atom is 0.343 e. The van der Waals surface area contributed by atoms with Gasteiger partial charge in [-0.25, -0.2) is 9.59 Å². The predicted molar refractivity (Wildman–Crippen MR) is 92.6 cm³/mol. The van der Waals surface area contributed by atoms with E-state index in [0.717, 1.165) is 11.5 Å². The molecule has 0 amide bonds. The summed E-state index contributed by atoms with van der Waals surface area (Å²) in [5, 5.41) is 3.45. The van der Waals surface area contributed by atoms with Crippen molar-refractivity contribution in [1.29, 1.82) is 0 Å². The smallest absolute Gasteiger partial charge is 0.343 e. The summed E-state index contributed by atoms with van der Waals surface area (Å²) in [5.74, 6) is -1.59.